The normalized spacial score (nSPS) is 10.9. The highest BCUT2D eigenvalue weighted by atomic mass is 32.2. The number of alkyl halides is 2. The third-order valence-corrected chi connectivity index (χ3v) is 2.85. The van der Waals surface area contributed by atoms with Crippen LogP contribution in [0.4, 0.5) is 14.5 Å². The second-order valence-corrected chi connectivity index (χ2v) is 4.02. The summed E-state index contributed by atoms with van der Waals surface area (Å²) in [7, 11) is 0. The average molecular weight is 242 g/mol. The number of hydrogen-bond acceptors (Lipinski definition) is 4. The SMILES string of the molecule is Nc1ccc(Sc2ncn[nH]2)c(C(F)F)c1. The summed E-state index contributed by atoms with van der Waals surface area (Å²) in [5.74, 6) is 0. The van der Waals surface area contributed by atoms with Crippen molar-refractivity contribution in [3.05, 3.63) is 30.1 Å². The summed E-state index contributed by atoms with van der Waals surface area (Å²) in [6.07, 6.45) is -1.24. The Morgan fingerprint density at radius 3 is 2.81 bits per heavy atom. The number of nitrogens with two attached hydrogens (primary N) is 1. The molecule has 0 radical (unpaired) electrons. The monoisotopic (exact) mass is 242 g/mol. The molecule has 0 aliphatic heterocycles. The Morgan fingerprint density at radius 1 is 1.38 bits per heavy atom. The Balaban J connectivity index is 2.33. The summed E-state index contributed by atoms with van der Waals surface area (Å²) >= 11 is 1.09. The minimum atomic E-state index is -2.56. The summed E-state index contributed by atoms with van der Waals surface area (Å²) in [6, 6.07) is 4.39. The van der Waals surface area contributed by atoms with E-state index in [9.17, 15) is 8.78 Å². The minimum Gasteiger partial charge on any atom is -0.399 e. The predicted octanol–water partition coefficient (Wildman–Crippen LogP) is 2.48. The number of rotatable bonds is 3. The number of anilines is 1. The van der Waals surface area contributed by atoms with Gasteiger partial charge in [0.2, 0.25) is 0 Å². The standard InChI is InChI=1S/C9H8F2N4S/c10-8(11)6-3-5(12)1-2-7(6)16-9-13-4-14-15-9/h1-4,8H,12H2,(H,13,14,15). The summed E-state index contributed by atoms with van der Waals surface area (Å²) < 4.78 is 25.4. The van der Waals surface area contributed by atoms with Gasteiger partial charge < -0.3 is 5.73 Å². The second kappa shape index (κ2) is 4.48. The number of aromatic amines is 1. The van der Waals surface area contributed by atoms with E-state index in [0.29, 0.717) is 15.7 Å². The quantitative estimate of drug-likeness (QED) is 0.811. The molecule has 0 bridgehead atoms. The van der Waals surface area contributed by atoms with Crippen LogP contribution in [0.2, 0.25) is 0 Å². The zero-order valence-corrected chi connectivity index (χ0v) is 8.84. The van der Waals surface area contributed by atoms with Crippen LogP contribution in [-0.2, 0) is 0 Å². The van der Waals surface area contributed by atoms with Crippen molar-refractivity contribution in [3.8, 4) is 0 Å². The van der Waals surface area contributed by atoms with Crippen LogP contribution in [0, 0.1) is 0 Å². The van der Waals surface area contributed by atoms with Crippen molar-refractivity contribution in [1.82, 2.24) is 15.2 Å². The van der Waals surface area contributed by atoms with Gasteiger partial charge >= 0.3 is 0 Å². The summed E-state index contributed by atoms with van der Waals surface area (Å²) in [6.45, 7) is 0. The molecule has 1 heterocycles. The van der Waals surface area contributed by atoms with Crippen LogP contribution in [-0.4, -0.2) is 15.2 Å². The van der Waals surface area contributed by atoms with Crippen molar-refractivity contribution >= 4 is 17.4 Å². The molecule has 0 atom stereocenters. The van der Waals surface area contributed by atoms with Crippen LogP contribution in [0.25, 0.3) is 0 Å². The van der Waals surface area contributed by atoms with Crippen LogP contribution < -0.4 is 5.73 Å². The van der Waals surface area contributed by atoms with Gasteiger partial charge in [-0.1, -0.05) is 0 Å². The largest absolute Gasteiger partial charge is 0.399 e. The molecule has 0 spiro atoms. The highest BCUT2D eigenvalue weighted by Crippen LogP contribution is 2.34. The number of hydrogen-bond donors (Lipinski definition) is 2. The van der Waals surface area contributed by atoms with E-state index in [1.165, 1.54) is 12.4 Å². The fraction of sp³-hybridized carbons (Fsp3) is 0.111. The van der Waals surface area contributed by atoms with E-state index in [2.05, 4.69) is 15.2 Å². The zero-order chi connectivity index (χ0) is 11.5. The van der Waals surface area contributed by atoms with Crippen LogP contribution >= 0.6 is 11.8 Å². The number of nitrogen functional groups attached to an aromatic ring is 1. The van der Waals surface area contributed by atoms with Gasteiger partial charge in [-0.25, -0.2) is 13.8 Å². The Bertz CT molecular complexity index is 472. The number of nitrogens with one attached hydrogen (secondary N) is 1. The summed E-state index contributed by atoms with van der Waals surface area (Å²) in [5.41, 5.74) is 5.68. The lowest BCUT2D eigenvalue weighted by atomic mass is 10.2. The van der Waals surface area contributed by atoms with Gasteiger partial charge in [-0.3, -0.25) is 5.10 Å². The van der Waals surface area contributed by atoms with Gasteiger partial charge in [0.1, 0.15) is 6.33 Å². The summed E-state index contributed by atoms with van der Waals surface area (Å²) in [4.78, 5) is 4.27. The molecule has 84 valence electrons. The Kier molecular flexibility index (Phi) is 3.04. The molecule has 0 saturated heterocycles. The number of nitrogens with zero attached hydrogens (tertiary/aromatic N) is 2. The molecule has 16 heavy (non-hydrogen) atoms. The lowest BCUT2D eigenvalue weighted by Crippen LogP contribution is -1.93. The van der Waals surface area contributed by atoms with Gasteiger partial charge in [-0.15, -0.1) is 0 Å². The Morgan fingerprint density at radius 2 is 2.19 bits per heavy atom. The summed E-state index contributed by atoms with van der Waals surface area (Å²) in [5, 5.41) is 6.70. The molecule has 3 N–H and O–H groups in total. The van der Waals surface area contributed by atoms with E-state index in [4.69, 9.17) is 5.73 Å². The van der Waals surface area contributed by atoms with Crippen molar-refractivity contribution in [2.45, 2.75) is 16.5 Å². The maximum absolute atomic E-state index is 12.7. The molecular weight excluding hydrogens is 234 g/mol. The second-order valence-electron chi connectivity index (χ2n) is 2.99. The van der Waals surface area contributed by atoms with E-state index >= 15 is 0 Å². The van der Waals surface area contributed by atoms with E-state index in [1.807, 2.05) is 0 Å². The van der Waals surface area contributed by atoms with Crippen LogP contribution in [0.3, 0.4) is 0 Å². The van der Waals surface area contributed by atoms with Gasteiger partial charge in [0.15, 0.2) is 5.16 Å². The molecule has 0 unspecified atom stereocenters. The molecule has 2 aromatic rings. The van der Waals surface area contributed by atoms with Crippen molar-refractivity contribution in [2.75, 3.05) is 5.73 Å². The van der Waals surface area contributed by atoms with Gasteiger partial charge in [0.25, 0.3) is 6.43 Å². The zero-order valence-electron chi connectivity index (χ0n) is 8.02. The molecule has 0 aliphatic carbocycles. The molecule has 0 aliphatic rings. The molecular formula is C9H8F2N4S. The number of aromatic nitrogens is 3. The molecule has 1 aromatic heterocycles. The van der Waals surface area contributed by atoms with Gasteiger partial charge in [-0.2, -0.15) is 5.10 Å². The number of halogens is 2. The number of H-pyrrole nitrogens is 1. The van der Waals surface area contributed by atoms with E-state index < -0.39 is 6.43 Å². The fourth-order valence-electron chi connectivity index (χ4n) is 1.18. The van der Waals surface area contributed by atoms with Gasteiger partial charge in [0, 0.05) is 16.1 Å². The van der Waals surface area contributed by atoms with Crippen molar-refractivity contribution < 1.29 is 8.78 Å². The van der Waals surface area contributed by atoms with Crippen LogP contribution in [0.15, 0.2) is 34.6 Å². The van der Waals surface area contributed by atoms with E-state index in [-0.39, 0.29) is 5.56 Å². The maximum atomic E-state index is 12.7. The first kappa shape index (κ1) is 10.9. The maximum Gasteiger partial charge on any atom is 0.265 e. The molecule has 1 aromatic carbocycles. The first-order valence-corrected chi connectivity index (χ1v) is 5.19. The van der Waals surface area contributed by atoms with Crippen molar-refractivity contribution in [2.24, 2.45) is 0 Å². The molecule has 2 rings (SSSR count). The smallest absolute Gasteiger partial charge is 0.265 e. The molecule has 0 amide bonds. The Hall–Kier alpha value is -1.63. The van der Waals surface area contributed by atoms with E-state index in [1.54, 1.807) is 12.1 Å². The third-order valence-electron chi connectivity index (χ3n) is 1.87. The molecule has 7 heteroatoms. The van der Waals surface area contributed by atoms with Crippen LogP contribution in [0.1, 0.15) is 12.0 Å². The van der Waals surface area contributed by atoms with Crippen molar-refractivity contribution in [3.63, 3.8) is 0 Å². The molecule has 4 nitrogen and oxygen atoms in total. The highest BCUT2D eigenvalue weighted by molar-refractivity contribution is 7.99. The van der Waals surface area contributed by atoms with Gasteiger partial charge in [-0.05, 0) is 30.0 Å². The lowest BCUT2D eigenvalue weighted by Gasteiger charge is -2.07. The predicted molar refractivity (Wildman–Crippen MR) is 56.3 cm³/mol. The molecule has 0 saturated carbocycles. The highest BCUT2D eigenvalue weighted by Gasteiger charge is 2.15. The fourth-order valence-corrected chi connectivity index (χ4v) is 1.99. The topological polar surface area (TPSA) is 67.6 Å². The minimum absolute atomic E-state index is 0.0959. The number of benzene rings is 1. The third kappa shape index (κ3) is 2.30. The van der Waals surface area contributed by atoms with E-state index in [0.717, 1.165) is 11.8 Å². The van der Waals surface area contributed by atoms with Crippen LogP contribution in [0.5, 0.6) is 0 Å². The first-order chi connectivity index (χ1) is 7.66. The lowest BCUT2D eigenvalue weighted by molar-refractivity contribution is 0.148. The first-order valence-electron chi connectivity index (χ1n) is 4.37. The Labute approximate surface area is 94.3 Å². The average Bonchev–Trinajstić information content (AvgIpc) is 2.73. The van der Waals surface area contributed by atoms with Gasteiger partial charge in [0.05, 0.1) is 0 Å². The van der Waals surface area contributed by atoms with Crippen molar-refractivity contribution in [1.29, 1.82) is 0 Å². The molecule has 0 fully saturated rings.